The van der Waals surface area contributed by atoms with Gasteiger partial charge in [0, 0.05) is 4.47 Å². The van der Waals surface area contributed by atoms with E-state index >= 15 is 0 Å². The summed E-state index contributed by atoms with van der Waals surface area (Å²) in [5.41, 5.74) is 2.52. The van der Waals surface area contributed by atoms with Crippen LogP contribution >= 0.6 is 28.1 Å². The van der Waals surface area contributed by atoms with Crippen LogP contribution in [0.15, 0.2) is 46.6 Å². The number of amides is 1. The Labute approximate surface area is 200 Å². The van der Waals surface area contributed by atoms with Gasteiger partial charge in [-0.1, -0.05) is 35.0 Å². The molecular formula is C23H23BrN2O5S. The number of thiocarbonyl (C=S) groups is 1. The maximum Gasteiger partial charge on any atom is 0.325 e. The van der Waals surface area contributed by atoms with Gasteiger partial charge in [0.2, 0.25) is 0 Å². The second kappa shape index (κ2) is 10.1. The van der Waals surface area contributed by atoms with Gasteiger partial charge in [0.15, 0.2) is 16.6 Å². The largest absolute Gasteiger partial charge is 0.504 e. The van der Waals surface area contributed by atoms with E-state index in [-0.39, 0.29) is 34.8 Å². The van der Waals surface area contributed by atoms with E-state index in [1.165, 1.54) is 23.0 Å². The molecular weight excluding hydrogens is 496 g/mol. The summed E-state index contributed by atoms with van der Waals surface area (Å²) in [6, 6.07) is 10.6. The van der Waals surface area contributed by atoms with Crippen molar-refractivity contribution in [3.63, 3.8) is 0 Å². The number of hydrogen-bond donors (Lipinski definition) is 1. The molecule has 2 aromatic rings. The summed E-state index contributed by atoms with van der Waals surface area (Å²) in [5, 5.41) is 10.3. The van der Waals surface area contributed by atoms with Crippen LogP contribution in [0.4, 0.5) is 5.69 Å². The van der Waals surface area contributed by atoms with E-state index in [0.29, 0.717) is 22.3 Å². The second-order valence-electron chi connectivity index (χ2n) is 6.91. The number of carbonyl (C=O) groups excluding carboxylic acids is 2. The molecule has 0 bridgehead atoms. The summed E-state index contributed by atoms with van der Waals surface area (Å²) in [6.07, 6.45) is 2.47. The van der Waals surface area contributed by atoms with Gasteiger partial charge < -0.3 is 19.5 Å². The van der Waals surface area contributed by atoms with E-state index < -0.39 is 5.97 Å². The molecule has 32 heavy (non-hydrogen) atoms. The molecule has 0 unspecified atom stereocenters. The van der Waals surface area contributed by atoms with Crippen LogP contribution in [-0.4, -0.2) is 47.3 Å². The fourth-order valence-electron chi connectivity index (χ4n) is 3.22. The van der Waals surface area contributed by atoms with Crippen LogP contribution in [-0.2, 0) is 20.7 Å². The topological polar surface area (TPSA) is 79.3 Å². The fraction of sp³-hybridized carbons (Fsp3) is 0.261. The molecule has 1 aliphatic rings. The second-order valence-corrected chi connectivity index (χ2v) is 8.13. The molecule has 7 nitrogen and oxygen atoms in total. The highest BCUT2D eigenvalue weighted by molar-refractivity contribution is 9.10. The third-order valence-electron chi connectivity index (χ3n) is 4.92. The molecule has 1 saturated heterocycles. The maximum atomic E-state index is 13.4. The minimum atomic E-state index is -0.533. The molecule has 1 aliphatic heterocycles. The number of rotatable bonds is 7. The normalized spacial score (nSPS) is 14.9. The van der Waals surface area contributed by atoms with E-state index in [1.807, 2.05) is 31.2 Å². The molecule has 3 rings (SSSR count). The molecule has 0 radical (unpaired) electrons. The van der Waals surface area contributed by atoms with Gasteiger partial charge in [0.1, 0.15) is 12.2 Å². The lowest BCUT2D eigenvalue weighted by atomic mass is 10.1. The minimum absolute atomic E-state index is 0.0294. The van der Waals surface area contributed by atoms with Crippen molar-refractivity contribution in [1.29, 1.82) is 0 Å². The Hall–Kier alpha value is -2.91. The van der Waals surface area contributed by atoms with Crippen molar-refractivity contribution in [1.82, 2.24) is 4.90 Å². The number of aromatic hydroxyl groups is 1. The molecule has 1 heterocycles. The predicted octanol–water partition coefficient (Wildman–Crippen LogP) is 4.26. The number of benzene rings is 2. The highest BCUT2D eigenvalue weighted by Crippen LogP contribution is 2.36. The van der Waals surface area contributed by atoms with Crippen LogP contribution in [0.1, 0.15) is 25.0 Å². The number of carbonyl (C=O) groups is 2. The van der Waals surface area contributed by atoms with Crippen molar-refractivity contribution >= 4 is 56.9 Å². The first-order valence-corrected chi connectivity index (χ1v) is 11.2. The molecule has 1 N–H and O–H groups in total. The van der Waals surface area contributed by atoms with Crippen LogP contribution in [0.5, 0.6) is 11.5 Å². The molecule has 1 fully saturated rings. The number of nitrogens with zero attached hydrogens (tertiary/aromatic N) is 2. The van der Waals surface area contributed by atoms with Crippen molar-refractivity contribution in [3.05, 3.63) is 57.7 Å². The zero-order chi connectivity index (χ0) is 23.4. The van der Waals surface area contributed by atoms with Gasteiger partial charge >= 0.3 is 5.97 Å². The number of esters is 1. The Morgan fingerprint density at radius 2 is 1.91 bits per heavy atom. The van der Waals surface area contributed by atoms with Gasteiger partial charge in [0.05, 0.1) is 19.4 Å². The van der Waals surface area contributed by atoms with Crippen molar-refractivity contribution in [2.75, 3.05) is 25.2 Å². The van der Waals surface area contributed by atoms with Crippen molar-refractivity contribution in [2.45, 2.75) is 20.3 Å². The number of phenolic OH excluding ortho intramolecular Hbond substituents is 1. The first kappa shape index (κ1) is 23.7. The van der Waals surface area contributed by atoms with E-state index in [9.17, 15) is 14.7 Å². The Morgan fingerprint density at radius 3 is 2.50 bits per heavy atom. The number of aryl methyl sites for hydroxylation is 1. The Morgan fingerprint density at radius 1 is 1.22 bits per heavy atom. The lowest BCUT2D eigenvalue weighted by Crippen LogP contribution is -2.35. The average molecular weight is 519 g/mol. The van der Waals surface area contributed by atoms with Crippen LogP contribution in [0.3, 0.4) is 0 Å². The number of methoxy groups -OCH3 is 1. The Bertz CT molecular complexity index is 1080. The van der Waals surface area contributed by atoms with Gasteiger partial charge in [0.25, 0.3) is 5.91 Å². The van der Waals surface area contributed by atoms with Crippen LogP contribution < -0.4 is 9.64 Å². The molecule has 9 heteroatoms. The average Bonchev–Trinajstić information content (AvgIpc) is 3.00. The lowest BCUT2D eigenvalue weighted by Gasteiger charge is -2.19. The summed E-state index contributed by atoms with van der Waals surface area (Å²) in [7, 11) is 1.28. The minimum Gasteiger partial charge on any atom is -0.504 e. The van der Waals surface area contributed by atoms with Gasteiger partial charge in [-0.2, -0.15) is 0 Å². The Balaban J connectivity index is 2.08. The van der Waals surface area contributed by atoms with E-state index in [4.69, 9.17) is 21.7 Å². The number of phenols is 1. The van der Waals surface area contributed by atoms with E-state index in [2.05, 4.69) is 15.9 Å². The zero-order valence-electron chi connectivity index (χ0n) is 17.9. The van der Waals surface area contributed by atoms with Crippen LogP contribution in [0.2, 0.25) is 0 Å². The molecule has 0 aliphatic carbocycles. The molecule has 0 aromatic heterocycles. The summed E-state index contributed by atoms with van der Waals surface area (Å²) in [4.78, 5) is 28.3. The number of halogens is 1. The third kappa shape index (κ3) is 4.78. The summed E-state index contributed by atoms with van der Waals surface area (Å²) in [5.74, 6) is -0.657. The quantitative estimate of drug-likeness (QED) is 0.333. The summed E-state index contributed by atoms with van der Waals surface area (Å²) < 4.78 is 10.8. The Kier molecular flexibility index (Phi) is 7.52. The van der Waals surface area contributed by atoms with Crippen molar-refractivity contribution < 1.29 is 24.2 Å². The van der Waals surface area contributed by atoms with Crippen molar-refractivity contribution in [3.8, 4) is 11.5 Å². The van der Waals surface area contributed by atoms with E-state index in [1.54, 1.807) is 19.1 Å². The smallest absolute Gasteiger partial charge is 0.325 e. The van der Waals surface area contributed by atoms with Gasteiger partial charge in [-0.25, -0.2) is 0 Å². The SMILES string of the molecule is CCOc1cc(/C=C2/C(=O)N(c3ccc(CC)cc3)C(=S)N2CC(=O)OC)c(Br)cc1O. The highest BCUT2D eigenvalue weighted by atomic mass is 79.9. The van der Waals surface area contributed by atoms with E-state index in [0.717, 1.165) is 12.0 Å². The lowest BCUT2D eigenvalue weighted by molar-refractivity contribution is -0.140. The molecule has 168 valence electrons. The summed E-state index contributed by atoms with van der Waals surface area (Å²) >= 11 is 8.98. The first-order chi connectivity index (χ1) is 15.3. The first-order valence-electron chi connectivity index (χ1n) is 9.99. The van der Waals surface area contributed by atoms with Crippen molar-refractivity contribution in [2.24, 2.45) is 0 Å². The molecule has 1 amide bonds. The molecule has 0 atom stereocenters. The van der Waals surface area contributed by atoms with Gasteiger partial charge in [-0.15, -0.1) is 0 Å². The van der Waals surface area contributed by atoms with Crippen LogP contribution in [0, 0.1) is 0 Å². The predicted molar refractivity (Wildman–Crippen MR) is 130 cm³/mol. The molecule has 0 saturated carbocycles. The fourth-order valence-corrected chi connectivity index (χ4v) is 4.02. The zero-order valence-corrected chi connectivity index (χ0v) is 20.3. The number of anilines is 1. The molecule has 0 spiro atoms. The molecule has 2 aromatic carbocycles. The van der Waals surface area contributed by atoms with Gasteiger partial charge in [-0.3, -0.25) is 14.5 Å². The monoisotopic (exact) mass is 518 g/mol. The third-order valence-corrected chi connectivity index (χ3v) is 6.01. The standard InChI is InChI=1S/C23H23BrN2O5S/c1-4-14-6-8-16(9-7-14)26-22(29)18(25(23(26)32)13-21(28)30-3)10-15-11-20(31-5-2)19(27)12-17(15)24/h6-12,27H,4-5,13H2,1-3H3/b18-10-. The van der Waals surface area contributed by atoms with Crippen LogP contribution in [0.25, 0.3) is 6.08 Å². The highest BCUT2D eigenvalue weighted by Gasteiger charge is 2.40. The summed E-state index contributed by atoms with van der Waals surface area (Å²) in [6.45, 7) is 4.00. The number of ether oxygens (including phenoxy) is 2. The number of hydrogen-bond acceptors (Lipinski definition) is 6. The maximum absolute atomic E-state index is 13.4. The van der Waals surface area contributed by atoms with Gasteiger partial charge in [-0.05, 0) is 67.0 Å².